The van der Waals surface area contributed by atoms with Crippen molar-refractivity contribution in [1.29, 1.82) is 0 Å². The number of hydrogen-bond acceptors (Lipinski definition) is 6. The molecule has 0 spiro atoms. The molecule has 0 aliphatic rings. The second kappa shape index (κ2) is 5.99. The lowest BCUT2D eigenvalue weighted by atomic mass is 10.1. The van der Waals surface area contributed by atoms with Gasteiger partial charge >= 0.3 is 0 Å². The van der Waals surface area contributed by atoms with Crippen molar-refractivity contribution in [2.75, 3.05) is 5.32 Å². The number of oxime groups is 1. The highest BCUT2D eigenvalue weighted by molar-refractivity contribution is 6.07. The van der Waals surface area contributed by atoms with Crippen LogP contribution in [0, 0.1) is 6.92 Å². The molecule has 8 nitrogen and oxygen atoms in total. The molecule has 1 aromatic carbocycles. The SMILES string of the molecule is Cc1nn(C)c2ncc(C(N)=O)c(Nc3cccc(C=NO)c3)c12. The van der Waals surface area contributed by atoms with Crippen LogP contribution in [0.3, 0.4) is 0 Å². The monoisotopic (exact) mass is 324 g/mol. The lowest BCUT2D eigenvalue weighted by Crippen LogP contribution is -2.14. The number of hydrogen-bond donors (Lipinski definition) is 3. The van der Waals surface area contributed by atoms with Crippen LogP contribution in [0.25, 0.3) is 11.0 Å². The molecule has 0 aliphatic heterocycles. The molecule has 4 N–H and O–H groups in total. The smallest absolute Gasteiger partial charge is 0.252 e. The Hall–Kier alpha value is -3.42. The molecule has 2 aromatic heterocycles. The molecule has 0 radical (unpaired) electrons. The number of primary amides is 1. The zero-order valence-corrected chi connectivity index (χ0v) is 13.2. The average molecular weight is 324 g/mol. The fraction of sp³-hybridized carbons (Fsp3) is 0.125. The standard InChI is InChI=1S/C16H16N6O2/c1-9-13-14(20-11-5-3-4-10(6-11)7-19-24)12(15(17)23)8-18-16(13)22(2)21-9/h3-8,24H,1-2H3,(H2,17,23)(H,18,20). The highest BCUT2D eigenvalue weighted by atomic mass is 16.4. The van der Waals surface area contributed by atoms with Gasteiger partial charge in [0.15, 0.2) is 5.65 Å². The maximum Gasteiger partial charge on any atom is 0.252 e. The van der Waals surface area contributed by atoms with Crippen molar-refractivity contribution in [3.05, 3.63) is 47.3 Å². The second-order valence-electron chi connectivity index (χ2n) is 5.31. The first kappa shape index (κ1) is 15.5. The fourth-order valence-electron chi connectivity index (χ4n) is 2.64. The summed E-state index contributed by atoms with van der Waals surface area (Å²) in [6, 6.07) is 7.20. The Kier molecular flexibility index (Phi) is 3.87. The number of aromatic nitrogens is 3. The zero-order chi connectivity index (χ0) is 17.3. The van der Waals surface area contributed by atoms with Gasteiger partial charge in [-0.05, 0) is 24.6 Å². The molecule has 3 rings (SSSR count). The number of nitrogens with two attached hydrogens (primary N) is 1. The summed E-state index contributed by atoms with van der Waals surface area (Å²) >= 11 is 0. The molecule has 8 heteroatoms. The van der Waals surface area contributed by atoms with E-state index in [9.17, 15) is 4.79 Å². The van der Waals surface area contributed by atoms with Gasteiger partial charge in [-0.2, -0.15) is 5.10 Å². The van der Waals surface area contributed by atoms with Crippen molar-refractivity contribution in [2.45, 2.75) is 6.92 Å². The maximum absolute atomic E-state index is 11.8. The van der Waals surface area contributed by atoms with E-state index in [1.807, 2.05) is 13.0 Å². The van der Waals surface area contributed by atoms with Gasteiger partial charge < -0.3 is 16.3 Å². The van der Waals surface area contributed by atoms with Crippen molar-refractivity contribution >= 4 is 34.5 Å². The first-order chi connectivity index (χ1) is 11.5. The van der Waals surface area contributed by atoms with Gasteiger partial charge in [-0.1, -0.05) is 17.3 Å². The lowest BCUT2D eigenvalue weighted by molar-refractivity contribution is 0.100. The molecule has 0 atom stereocenters. The zero-order valence-electron chi connectivity index (χ0n) is 13.2. The van der Waals surface area contributed by atoms with E-state index in [1.54, 1.807) is 29.9 Å². The summed E-state index contributed by atoms with van der Waals surface area (Å²) in [6.07, 6.45) is 2.75. The van der Waals surface area contributed by atoms with Crippen LogP contribution in [0.4, 0.5) is 11.4 Å². The summed E-state index contributed by atoms with van der Waals surface area (Å²) in [5.74, 6) is -0.580. The Morgan fingerprint density at radius 2 is 2.25 bits per heavy atom. The van der Waals surface area contributed by atoms with Gasteiger partial charge in [-0.15, -0.1) is 0 Å². The molecular formula is C16H16N6O2. The number of carbonyl (C=O) groups is 1. The first-order valence-corrected chi connectivity index (χ1v) is 7.18. The molecule has 0 saturated heterocycles. The Bertz CT molecular complexity index is 961. The highest BCUT2D eigenvalue weighted by Gasteiger charge is 2.18. The van der Waals surface area contributed by atoms with Gasteiger partial charge in [0, 0.05) is 18.9 Å². The third-order valence-corrected chi connectivity index (χ3v) is 3.66. The van der Waals surface area contributed by atoms with Gasteiger partial charge in [0.05, 0.1) is 28.5 Å². The number of carbonyl (C=O) groups excluding carboxylic acids is 1. The topological polar surface area (TPSA) is 118 Å². The number of rotatable bonds is 4. The highest BCUT2D eigenvalue weighted by Crippen LogP contribution is 2.31. The van der Waals surface area contributed by atoms with Crippen molar-refractivity contribution in [3.8, 4) is 0 Å². The summed E-state index contributed by atoms with van der Waals surface area (Å²) in [7, 11) is 1.79. The van der Waals surface area contributed by atoms with E-state index in [-0.39, 0.29) is 5.56 Å². The summed E-state index contributed by atoms with van der Waals surface area (Å²) in [5.41, 5.74) is 9.12. The normalized spacial score (nSPS) is 11.2. The van der Waals surface area contributed by atoms with Crippen molar-refractivity contribution in [3.63, 3.8) is 0 Å². The summed E-state index contributed by atoms with van der Waals surface area (Å²) in [5, 5.41) is 20.0. The summed E-state index contributed by atoms with van der Waals surface area (Å²) in [6.45, 7) is 1.84. The molecule has 0 unspecified atom stereocenters. The van der Waals surface area contributed by atoms with Crippen molar-refractivity contribution in [2.24, 2.45) is 17.9 Å². The minimum atomic E-state index is -0.580. The van der Waals surface area contributed by atoms with Crippen LogP contribution in [0.15, 0.2) is 35.6 Å². The minimum Gasteiger partial charge on any atom is -0.411 e. The van der Waals surface area contributed by atoms with Crippen molar-refractivity contribution in [1.82, 2.24) is 14.8 Å². The lowest BCUT2D eigenvalue weighted by Gasteiger charge is -2.12. The van der Waals surface area contributed by atoms with E-state index < -0.39 is 5.91 Å². The van der Waals surface area contributed by atoms with Gasteiger partial charge in [0.2, 0.25) is 0 Å². The molecule has 0 saturated carbocycles. The predicted octanol–water partition coefficient (Wildman–Crippen LogP) is 1.93. The first-order valence-electron chi connectivity index (χ1n) is 7.18. The molecule has 0 fully saturated rings. The number of pyridine rings is 1. The third-order valence-electron chi connectivity index (χ3n) is 3.66. The minimum absolute atomic E-state index is 0.278. The van der Waals surface area contributed by atoms with Gasteiger partial charge in [0.1, 0.15) is 0 Å². The van der Waals surface area contributed by atoms with Crippen LogP contribution < -0.4 is 11.1 Å². The van der Waals surface area contributed by atoms with Crippen LogP contribution in [-0.4, -0.2) is 32.1 Å². The van der Waals surface area contributed by atoms with Crippen LogP contribution in [0.1, 0.15) is 21.6 Å². The Morgan fingerprint density at radius 3 is 2.96 bits per heavy atom. The quantitative estimate of drug-likeness (QED) is 0.385. The third kappa shape index (κ3) is 2.65. The van der Waals surface area contributed by atoms with E-state index in [0.717, 1.165) is 11.1 Å². The van der Waals surface area contributed by atoms with Gasteiger partial charge in [-0.25, -0.2) is 4.98 Å². The van der Waals surface area contributed by atoms with Crippen molar-refractivity contribution < 1.29 is 10.0 Å². The Balaban J connectivity index is 2.18. The number of anilines is 2. The van der Waals surface area contributed by atoms with E-state index >= 15 is 0 Å². The van der Waals surface area contributed by atoms with Crippen LogP contribution in [0.5, 0.6) is 0 Å². The Morgan fingerprint density at radius 1 is 1.46 bits per heavy atom. The molecule has 0 aliphatic carbocycles. The Labute approximate surface area is 137 Å². The molecule has 1 amide bonds. The number of benzene rings is 1. The number of amides is 1. The van der Waals surface area contributed by atoms with E-state index in [2.05, 4.69) is 20.6 Å². The second-order valence-corrected chi connectivity index (χ2v) is 5.31. The number of aryl methyl sites for hydroxylation is 2. The average Bonchev–Trinajstić information content (AvgIpc) is 2.83. The molecule has 3 aromatic rings. The van der Waals surface area contributed by atoms with Gasteiger partial charge in [-0.3, -0.25) is 9.48 Å². The molecule has 0 bridgehead atoms. The summed E-state index contributed by atoms with van der Waals surface area (Å²) < 4.78 is 1.65. The molecular weight excluding hydrogens is 308 g/mol. The van der Waals surface area contributed by atoms with Crippen LogP contribution in [0.2, 0.25) is 0 Å². The van der Waals surface area contributed by atoms with E-state index in [0.29, 0.717) is 22.6 Å². The summed E-state index contributed by atoms with van der Waals surface area (Å²) in [4.78, 5) is 16.1. The number of nitrogens with zero attached hydrogens (tertiary/aromatic N) is 4. The van der Waals surface area contributed by atoms with Crippen LogP contribution >= 0.6 is 0 Å². The van der Waals surface area contributed by atoms with Crippen LogP contribution in [-0.2, 0) is 7.05 Å². The van der Waals surface area contributed by atoms with Gasteiger partial charge in [0.25, 0.3) is 5.91 Å². The number of fused-ring (bicyclic) bond motifs is 1. The predicted molar refractivity (Wildman–Crippen MR) is 90.9 cm³/mol. The molecule has 2 heterocycles. The molecule has 24 heavy (non-hydrogen) atoms. The number of nitrogens with one attached hydrogen (secondary N) is 1. The van der Waals surface area contributed by atoms with E-state index in [4.69, 9.17) is 10.9 Å². The molecule has 122 valence electrons. The largest absolute Gasteiger partial charge is 0.411 e. The maximum atomic E-state index is 11.8. The fourth-order valence-corrected chi connectivity index (χ4v) is 2.64. The van der Waals surface area contributed by atoms with E-state index in [1.165, 1.54) is 12.4 Å².